The van der Waals surface area contributed by atoms with E-state index in [-0.39, 0.29) is 0 Å². The number of carbonyl (C=O) groups excluding carboxylic acids is 1. The van der Waals surface area contributed by atoms with Gasteiger partial charge in [0.15, 0.2) is 5.78 Å². The minimum Gasteiger partial charge on any atom is -0.295 e. The molecule has 2 rings (SSSR count). The van der Waals surface area contributed by atoms with Gasteiger partial charge in [0, 0.05) is 6.42 Å². The fourth-order valence-corrected chi connectivity index (χ4v) is 1.90. The van der Waals surface area contributed by atoms with E-state index in [4.69, 9.17) is 0 Å². The second kappa shape index (κ2) is 3.41. The number of benzene rings is 1. The number of carbonyl (C=O) groups is 1. The SMILES string of the molecule is CC1=C(c2ccc(C)cc2)CCC1=O. The first kappa shape index (κ1) is 9.20. The lowest BCUT2D eigenvalue weighted by Gasteiger charge is -2.03. The van der Waals surface area contributed by atoms with Crippen molar-refractivity contribution in [2.45, 2.75) is 26.7 Å². The zero-order valence-corrected chi connectivity index (χ0v) is 8.63. The summed E-state index contributed by atoms with van der Waals surface area (Å²) in [4.78, 5) is 11.4. The van der Waals surface area contributed by atoms with Gasteiger partial charge in [-0.05, 0) is 37.0 Å². The Morgan fingerprint density at radius 2 is 1.64 bits per heavy atom. The van der Waals surface area contributed by atoms with E-state index in [0.717, 1.165) is 12.0 Å². The van der Waals surface area contributed by atoms with Crippen LogP contribution in [-0.2, 0) is 4.79 Å². The first-order valence-electron chi connectivity index (χ1n) is 4.98. The highest BCUT2D eigenvalue weighted by molar-refractivity contribution is 6.06. The Morgan fingerprint density at radius 3 is 2.14 bits per heavy atom. The molecule has 0 aliphatic heterocycles. The zero-order chi connectivity index (χ0) is 10.1. The number of allylic oxidation sites excluding steroid dienone is 2. The average molecular weight is 186 g/mol. The maximum atomic E-state index is 11.4. The van der Waals surface area contributed by atoms with Gasteiger partial charge >= 0.3 is 0 Å². The molecule has 0 amide bonds. The molecule has 1 aliphatic rings. The number of Topliss-reactive ketones (excluding diaryl/α,β-unsaturated/α-hetero) is 1. The Kier molecular flexibility index (Phi) is 2.24. The van der Waals surface area contributed by atoms with E-state index in [1.54, 1.807) is 0 Å². The zero-order valence-electron chi connectivity index (χ0n) is 8.63. The highest BCUT2D eigenvalue weighted by Gasteiger charge is 2.19. The Labute approximate surface area is 84.5 Å². The van der Waals surface area contributed by atoms with Crippen molar-refractivity contribution in [3.8, 4) is 0 Å². The predicted octanol–water partition coefficient (Wildman–Crippen LogP) is 3.13. The molecule has 0 saturated heterocycles. The Bertz CT molecular complexity index is 396. The van der Waals surface area contributed by atoms with E-state index >= 15 is 0 Å². The van der Waals surface area contributed by atoms with Crippen LogP contribution >= 0.6 is 0 Å². The van der Waals surface area contributed by atoms with Crippen LogP contribution in [0.1, 0.15) is 30.9 Å². The summed E-state index contributed by atoms with van der Waals surface area (Å²) < 4.78 is 0. The monoisotopic (exact) mass is 186 g/mol. The van der Waals surface area contributed by atoms with E-state index < -0.39 is 0 Å². The molecule has 0 bridgehead atoms. The summed E-state index contributed by atoms with van der Waals surface area (Å²) in [5.41, 5.74) is 4.65. The van der Waals surface area contributed by atoms with Crippen molar-refractivity contribution in [2.75, 3.05) is 0 Å². The van der Waals surface area contributed by atoms with E-state index in [1.165, 1.54) is 16.7 Å². The highest BCUT2D eigenvalue weighted by atomic mass is 16.1. The van der Waals surface area contributed by atoms with E-state index in [2.05, 4.69) is 31.2 Å². The Balaban J connectivity index is 2.41. The first-order valence-corrected chi connectivity index (χ1v) is 4.98. The number of rotatable bonds is 1. The van der Waals surface area contributed by atoms with Crippen molar-refractivity contribution in [1.82, 2.24) is 0 Å². The summed E-state index contributed by atoms with van der Waals surface area (Å²) in [7, 11) is 0. The second-order valence-electron chi connectivity index (χ2n) is 3.89. The molecule has 0 spiro atoms. The molecule has 0 aromatic heterocycles. The van der Waals surface area contributed by atoms with Crippen molar-refractivity contribution in [3.05, 3.63) is 41.0 Å². The standard InChI is InChI=1S/C13H14O/c1-9-3-5-11(6-4-9)12-7-8-13(14)10(12)2/h3-6H,7-8H2,1-2H3. The summed E-state index contributed by atoms with van der Waals surface area (Å²) >= 11 is 0. The molecule has 0 fully saturated rings. The van der Waals surface area contributed by atoms with Gasteiger partial charge in [-0.2, -0.15) is 0 Å². The van der Waals surface area contributed by atoms with E-state index in [0.29, 0.717) is 12.2 Å². The van der Waals surface area contributed by atoms with Crippen LogP contribution < -0.4 is 0 Å². The molecule has 1 nitrogen and oxygen atoms in total. The number of hydrogen-bond donors (Lipinski definition) is 0. The number of ketones is 1. The van der Waals surface area contributed by atoms with Gasteiger partial charge in [-0.3, -0.25) is 4.79 Å². The van der Waals surface area contributed by atoms with Crippen molar-refractivity contribution in [1.29, 1.82) is 0 Å². The van der Waals surface area contributed by atoms with Crippen LogP contribution in [-0.4, -0.2) is 5.78 Å². The van der Waals surface area contributed by atoms with E-state index in [1.807, 2.05) is 6.92 Å². The lowest BCUT2D eigenvalue weighted by molar-refractivity contribution is -0.114. The maximum absolute atomic E-state index is 11.4. The van der Waals surface area contributed by atoms with Gasteiger partial charge < -0.3 is 0 Å². The molecular weight excluding hydrogens is 172 g/mol. The highest BCUT2D eigenvalue weighted by Crippen LogP contribution is 2.31. The number of aryl methyl sites for hydroxylation is 1. The van der Waals surface area contributed by atoms with Crippen LogP contribution in [0.2, 0.25) is 0 Å². The summed E-state index contributed by atoms with van der Waals surface area (Å²) in [6.07, 6.45) is 1.60. The number of hydrogen-bond acceptors (Lipinski definition) is 1. The van der Waals surface area contributed by atoms with Crippen molar-refractivity contribution in [3.63, 3.8) is 0 Å². The van der Waals surface area contributed by atoms with E-state index in [9.17, 15) is 4.79 Å². The molecule has 14 heavy (non-hydrogen) atoms. The molecule has 0 radical (unpaired) electrons. The van der Waals surface area contributed by atoms with Crippen LogP contribution in [0, 0.1) is 6.92 Å². The first-order chi connectivity index (χ1) is 6.68. The summed E-state index contributed by atoms with van der Waals surface area (Å²) in [6.45, 7) is 4.01. The largest absolute Gasteiger partial charge is 0.295 e. The molecule has 72 valence electrons. The van der Waals surface area contributed by atoms with Crippen LogP contribution in [0.3, 0.4) is 0 Å². The molecule has 1 heteroatoms. The smallest absolute Gasteiger partial charge is 0.159 e. The van der Waals surface area contributed by atoms with Crippen LogP contribution in [0.25, 0.3) is 5.57 Å². The average Bonchev–Trinajstić information content (AvgIpc) is 2.50. The van der Waals surface area contributed by atoms with Crippen molar-refractivity contribution in [2.24, 2.45) is 0 Å². The quantitative estimate of drug-likeness (QED) is 0.658. The summed E-state index contributed by atoms with van der Waals surface area (Å²) in [5.74, 6) is 0.306. The third kappa shape index (κ3) is 1.50. The van der Waals surface area contributed by atoms with Crippen LogP contribution in [0.15, 0.2) is 29.8 Å². The molecular formula is C13H14O. The van der Waals surface area contributed by atoms with Crippen LogP contribution in [0.4, 0.5) is 0 Å². The van der Waals surface area contributed by atoms with Gasteiger partial charge in [-0.15, -0.1) is 0 Å². The van der Waals surface area contributed by atoms with Gasteiger partial charge in [-0.1, -0.05) is 29.8 Å². The molecule has 0 N–H and O–H groups in total. The molecule has 1 aromatic carbocycles. The molecule has 0 heterocycles. The van der Waals surface area contributed by atoms with Gasteiger partial charge in [0.25, 0.3) is 0 Å². The molecule has 0 atom stereocenters. The minimum absolute atomic E-state index is 0.306. The van der Waals surface area contributed by atoms with Crippen molar-refractivity contribution >= 4 is 11.4 Å². The van der Waals surface area contributed by atoms with Crippen LogP contribution in [0.5, 0.6) is 0 Å². The molecule has 0 unspecified atom stereocenters. The summed E-state index contributed by atoms with van der Waals surface area (Å²) in [5, 5.41) is 0. The lowest BCUT2D eigenvalue weighted by Crippen LogP contribution is -1.90. The lowest BCUT2D eigenvalue weighted by atomic mass is 10.0. The second-order valence-corrected chi connectivity index (χ2v) is 3.89. The molecule has 1 aromatic rings. The van der Waals surface area contributed by atoms with Crippen molar-refractivity contribution < 1.29 is 4.79 Å². The molecule has 1 aliphatic carbocycles. The normalized spacial score (nSPS) is 16.6. The predicted molar refractivity (Wildman–Crippen MR) is 58.0 cm³/mol. The fourth-order valence-electron chi connectivity index (χ4n) is 1.90. The van der Waals surface area contributed by atoms with Gasteiger partial charge in [0.2, 0.25) is 0 Å². The Hall–Kier alpha value is -1.37. The third-order valence-electron chi connectivity index (χ3n) is 2.87. The third-order valence-corrected chi connectivity index (χ3v) is 2.87. The maximum Gasteiger partial charge on any atom is 0.159 e. The molecule has 0 saturated carbocycles. The Morgan fingerprint density at radius 1 is 1.00 bits per heavy atom. The fraction of sp³-hybridized carbons (Fsp3) is 0.308. The summed E-state index contributed by atoms with van der Waals surface area (Å²) in [6, 6.07) is 8.40. The van der Waals surface area contributed by atoms with Gasteiger partial charge in [-0.25, -0.2) is 0 Å². The van der Waals surface area contributed by atoms with Gasteiger partial charge in [0.05, 0.1) is 0 Å². The minimum atomic E-state index is 0.306. The van der Waals surface area contributed by atoms with Gasteiger partial charge in [0.1, 0.15) is 0 Å². The topological polar surface area (TPSA) is 17.1 Å².